The number of nitrogens with one attached hydrogen (secondary N) is 1. The predicted octanol–water partition coefficient (Wildman–Crippen LogP) is 4.82. The van der Waals surface area contributed by atoms with Crippen LogP contribution in [-0.4, -0.2) is 19.1 Å². The normalized spacial score (nSPS) is 11.8. The molecule has 0 aromatic heterocycles. The molecule has 1 amide bonds. The Labute approximate surface area is 148 Å². The maximum absolute atomic E-state index is 12.3. The molecule has 0 aliphatic carbocycles. The van der Waals surface area contributed by atoms with Crippen LogP contribution >= 0.6 is 11.8 Å². The minimum atomic E-state index is -0.0337. The van der Waals surface area contributed by atoms with E-state index in [0.29, 0.717) is 5.56 Å². The SMILES string of the molecule is CC[C@H](C)NC(=O)c1ccc(OC)c(CSc2ccc(C)cc2)c1. The first-order valence-corrected chi connectivity index (χ1v) is 9.19. The van der Waals surface area contributed by atoms with Crippen molar-refractivity contribution >= 4 is 17.7 Å². The molecule has 24 heavy (non-hydrogen) atoms. The molecule has 0 aliphatic heterocycles. The van der Waals surface area contributed by atoms with Gasteiger partial charge in [0, 0.05) is 27.8 Å². The number of aryl methyl sites for hydroxylation is 1. The maximum Gasteiger partial charge on any atom is 0.251 e. The highest BCUT2D eigenvalue weighted by atomic mass is 32.2. The number of methoxy groups -OCH3 is 1. The van der Waals surface area contributed by atoms with Crippen molar-refractivity contribution < 1.29 is 9.53 Å². The molecular weight excluding hydrogens is 318 g/mol. The van der Waals surface area contributed by atoms with E-state index in [1.54, 1.807) is 18.9 Å². The molecule has 2 rings (SSSR count). The fourth-order valence-electron chi connectivity index (χ4n) is 2.24. The van der Waals surface area contributed by atoms with Crippen LogP contribution in [0.5, 0.6) is 5.75 Å². The highest BCUT2D eigenvalue weighted by Crippen LogP contribution is 2.29. The molecule has 0 unspecified atom stereocenters. The molecule has 0 fully saturated rings. The summed E-state index contributed by atoms with van der Waals surface area (Å²) in [5.74, 6) is 1.54. The second-order valence-corrected chi connectivity index (χ2v) is 6.96. The van der Waals surface area contributed by atoms with Crippen molar-refractivity contribution in [2.45, 2.75) is 43.9 Å². The van der Waals surface area contributed by atoms with Crippen LogP contribution in [0.3, 0.4) is 0 Å². The third-order valence-electron chi connectivity index (χ3n) is 3.95. The molecule has 2 aromatic carbocycles. The van der Waals surface area contributed by atoms with Crippen molar-refractivity contribution in [2.24, 2.45) is 0 Å². The Kier molecular flexibility index (Phi) is 6.73. The molecule has 1 N–H and O–H groups in total. The van der Waals surface area contributed by atoms with E-state index in [1.165, 1.54) is 10.5 Å². The second-order valence-electron chi connectivity index (χ2n) is 5.91. The van der Waals surface area contributed by atoms with E-state index in [9.17, 15) is 4.79 Å². The Hall–Kier alpha value is -1.94. The minimum Gasteiger partial charge on any atom is -0.496 e. The first kappa shape index (κ1) is 18.4. The van der Waals surface area contributed by atoms with Crippen LogP contribution < -0.4 is 10.1 Å². The van der Waals surface area contributed by atoms with Gasteiger partial charge in [0.2, 0.25) is 0 Å². The minimum absolute atomic E-state index is 0.0337. The number of thioether (sulfide) groups is 1. The van der Waals surface area contributed by atoms with E-state index in [-0.39, 0.29) is 11.9 Å². The van der Waals surface area contributed by atoms with Gasteiger partial charge in [0.05, 0.1) is 7.11 Å². The fourth-order valence-corrected chi connectivity index (χ4v) is 3.11. The van der Waals surface area contributed by atoms with E-state index in [0.717, 1.165) is 23.5 Å². The van der Waals surface area contributed by atoms with E-state index in [2.05, 4.69) is 43.4 Å². The second kappa shape index (κ2) is 8.78. The van der Waals surface area contributed by atoms with Crippen LogP contribution in [0.4, 0.5) is 0 Å². The Morgan fingerprint density at radius 3 is 2.54 bits per heavy atom. The van der Waals surface area contributed by atoms with Gasteiger partial charge in [-0.3, -0.25) is 4.79 Å². The van der Waals surface area contributed by atoms with Gasteiger partial charge in [-0.05, 0) is 50.6 Å². The summed E-state index contributed by atoms with van der Waals surface area (Å²) in [4.78, 5) is 13.5. The van der Waals surface area contributed by atoms with Crippen molar-refractivity contribution in [3.8, 4) is 5.75 Å². The smallest absolute Gasteiger partial charge is 0.251 e. The number of amides is 1. The van der Waals surface area contributed by atoms with E-state index < -0.39 is 0 Å². The lowest BCUT2D eigenvalue weighted by molar-refractivity contribution is 0.0939. The van der Waals surface area contributed by atoms with Gasteiger partial charge in [-0.2, -0.15) is 0 Å². The molecule has 4 heteroatoms. The quantitative estimate of drug-likeness (QED) is 0.732. The zero-order valence-corrected chi connectivity index (χ0v) is 15.6. The summed E-state index contributed by atoms with van der Waals surface area (Å²) in [6.07, 6.45) is 0.915. The average molecular weight is 343 g/mol. The van der Waals surface area contributed by atoms with E-state index >= 15 is 0 Å². The van der Waals surface area contributed by atoms with Crippen molar-refractivity contribution in [2.75, 3.05) is 7.11 Å². The molecule has 128 valence electrons. The number of hydrogen-bond acceptors (Lipinski definition) is 3. The van der Waals surface area contributed by atoms with Crippen molar-refractivity contribution in [1.82, 2.24) is 5.32 Å². The third kappa shape index (κ3) is 5.03. The zero-order chi connectivity index (χ0) is 17.5. The average Bonchev–Trinajstić information content (AvgIpc) is 2.60. The maximum atomic E-state index is 12.3. The van der Waals surface area contributed by atoms with Gasteiger partial charge in [0.15, 0.2) is 0 Å². The van der Waals surface area contributed by atoms with Crippen molar-refractivity contribution in [1.29, 1.82) is 0 Å². The van der Waals surface area contributed by atoms with Crippen molar-refractivity contribution in [3.63, 3.8) is 0 Å². The number of hydrogen-bond donors (Lipinski definition) is 1. The molecule has 1 atom stereocenters. The van der Waals surface area contributed by atoms with Crippen LogP contribution in [0, 0.1) is 6.92 Å². The number of carbonyl (C=O) groups excluding carboxylic acids is 1. The molecule has 2 aromatic rings. The summed E-state index contributed by atoms with van der Waals surface area (Å²) in [5.41, 5.74) is 2.95. The van der Waals surface area contributed by atoms with E-state index in [4.69, 9.17) is 4.74 Å². The Morgan fingerprint density at radius 2 is 1.92 bits per heavy atom. The lowest BCUT2D eigenvalue weighted by Crippen LogP contribution is -2.31. The summed E-state index contributed by atoms with van der Waals surface area (Å²) < 4.78 is 5.44. The van der Waals surface area contributed by atoms with Gasteiger partial charge in [-0.25, -0.2) is 0 Å². The molecule has 0 saturated heterocycles. The molecule has 0 heterocycles. The summed E-state index contributed by atoms with van der Waals surface area (Å²) in [6, 6.07) is 14.2. The number of rotatable bonds is 7. The van der Waals surface area contributed by atoms with Crippen LogP contribution in [-0.2, 0) is 5.75 Å². The summed E-state index contributed by atoms with van der Waals surface area (Å²) >= 11 is 1.74. The van der Waals surface area contributed by atoms with Crippen LogP contribution in [0.1, 0.15) is 41.8 Å². The van der Waals surface area contributed by atoms with Gasteiger partial charge in [-0.15, -0.1) is 11.8 Å². The van der Waals surface area contributed by atoms with Gasteiger partial charge < -0.3 is 10.1 Å². The predicted molar refractivity (Wildman–Crippen MR) is 101 cm³/mol. The Balaban J connectivity index is 2.13. The molecule has 0 bridgehead atoms. The standard InChI is InChI=1S/C20H25NO2S/c1-5-15(3)21-20(22)16-8-11-19(23-4)17(12-16)13-24-18-9-6-14(2)7-10-18/h6-12,15H,5,13H2,1-4H3,(H,21,22)/t15-/m0/s1. The highest BCUT2D eigenvalue weighted by molar-refractivity contribution is 7.98. The number of ether oxygens (including phenoxy) is 1. The van der Waals surface area contributed by atoms with Crippen LogP contribution in [0.2, 0.25) is 0 Å². The molecule has 0 aliphatic rings. The van der Waals surface area contributed by atoms with Gasteiger partial charge in [0.25, 0.3) is 5.91 Å². The Morgan fingerprint density at radius 1 is 1.21 bits per heavy atom. The van der Waals surface area contributed by atoms with Gasteiger partial charge >= 0.3 is 0 Å². The summed E-state index contributed by atoms with van der Waals surface area (Å²) in [7, 11) is 1.66. The van der Waals surface area contributed by atoms with E-state index in [1.807, 2.05) is 25.1 Å². The fraction of sp³-hybridized carbons (Fsp3) is 0.350. The van der Waals surface area contributed by atoms with Crippen LogP contribution in [0.25, 0.3) is 0 Å². The topological polar surface area (TPSA) is 38.3 Å². The lowest BCUT2D eigenvalue weighted by atomic mass is 10.1. The summed E-state index contributed by atoms with van der Waals surface area (Å²) in [6.45, 7) is 6.15. The first-order chi connectivity index (χ1) is 11.5. The zero-order valence-electron chi connectivity index (χ0n) is 14.8. The first-order valence-electron chi connectivity index (χ1n) is 8.20. The molecular formula is C20H25NO2S. The molecule has 0 radical (unpaired) electrons. The summed E-state index contributed by atoms with van der Waals surface area (Å²) in [5, 5.41) is 3.00. The molecule has 0 saturated carbocycles. The molecule has 3 nitrogen and oxygen atoms in total. The monoisotopic (exact) mass is 343 g/mol. The van der Waals surface area contributed by atoms with Crippen LogP contribution in [0.15, 0.2) is 47.4 Å². The van der Waals surface area contributed by atoms with Crippen molar-refractivity contribution in [3.05, 3.63) is 59.2 Å². The highest BCUT2D eigenvalue weighted by Gasteiger charge is 2.12. The third-order valence-corrected chi connectivity index (χ3v) is 5.01. The largest absolute Gasteiger partial charge is 0.496 e. The number of benzene rings is 2. The number of carbonyl (C=O) groups is 1. The van der Waals surface area contributed by atoms with Gasteiger partial charge in [-0.1, -0.05) is 24.6 Å². The van der Waals surface area contributed by atoms with Gasteiger partial charge in [0.1, 0.15) is 5.75 Å². The Bertz CT molecular complexity index is 683. The molecule has 0 spiro atoms. The lowest BCUT2D eigenvalue weighted by Gasteiger charge is -2.14.